The minimum absolute atomic E-state index is 0. The summed E-state index contributed by atoms with van der Waals surface area (Å²) in [5.41, 5.74) is 0. The number of aliphatic carboxylic acids is 1. The number of unbranched alkanes of at least 4 members (excludes halogenated alkanes) is 10. The molecule has 20 heavy (non-hydrogen) atoms. The molecule has 0 aromatic carbocycles. The van der Waals surface area contributed by atoms with Gasteiger partial charge in [-0.1, -0.05) is 57.8 Å². The second-order valence-electron chi connectivity index (χ2n) is 5.84. The number of carbonyl (C=O) groups is 1. The van der Waals surface area contributed by atoms with E-state index in [2.05, 4.69) is 19.0 Å². The maximum absolute atomic E-state index is 10.3. The smallest absolute Gasteiger partial charge is 0.303 e. The fourth-order valence-electron chi connectivity index (χ4n) is 2.30. The summed E-state index contributed by atoms with van der Waals surface area (Å²) < 4.78 is 0. The molecule has 0 saturated carbocycles. The molecule has 0 aliphatic heterocycles. The standard InChI is InChI=1S/C16H33NO2.H2O/c1-17(2)15-13-11-9-7-5-3-4-6-8-10-12-14-16(18)19;/h3-15H2,1-2H3,(H,18,19);1H2. The number of carboxylic acid groups (broad SMARTS) is 1. The Morgan fingerprint density at radius 1 is 0.750 bits per heavy atom. The number of hydrogen-bond acceptors (Lipinski definition) is 2. The molecule has 0 aliphatic carbocycles. The summed E-state index contributed by atoms with van der Waals surface area (Å²) in [5.74, 6) is -0.658. The van der Waals surface area contributed by atoms with Crippen molar-refractivity contribution in [1.82, 2.24) is 4.90 Å². The van der Waals surface area contributed by atoms with Crippen molar-refractivity contribution in [2.24, 2.45) is 0 Å². The lowest BCUT2D eigenvalue weighted by Crippen LogP contribution is -2.12. The molecule has 0 fully saturated rings. The highest BCUT2D eigenvalue weighted by molar-refractivity contribution is 5.66. The summed E-state index contributed by atoms with van der Waals surface area (Å²) in [6, 6.07) is 0. The molecule has 0 spiro atoms. The lowest BCUT2D eigenvalue weighted by Gasteiger charge is -2.08. The Morgan fingerprint density at radius 2 is 1.10 bits per heavy atom. The largest absolute Gasteiger partial charge is 0.481 e. The van der Waals surface area contributed by atoms with E-state index in [0.29, 0.717) is 6.42 Å². The molecular formula is C16H35NO3. The Bertz CT molecular complexity index is 208. The molecule has 3 N–H and O–H groups in total. The predicted molar refractivity (Wildman–Crippen MR) is 85.2 cm³/mol. The highest BCUT2D eigenvalue weighted by atomic mass is 16.4. The van der Waals surface area contributed by atoms with Crippen LogP contribution in [0.2, 0.25) is 0 Å². The summed E-state index contributed by atoms with van der Waals surface area (Å²) >= 11 is 0. The van der Waals surface area contributed by atoms with E-state index in [4.69, 9.17) is 5.11 Å². The van der Waals surface area contributed by atoms with Crippen LogP contribution in [0, 0.1) is 0 Å². The van der Waals surface area contributed by atoms with Crippen LogP contribution in [0.15, 0.2) is 0 Å². The van der Waals surface area contributed by atoms with Gasteiger partial charge in [-0.05, 0) is 33.5 Å². The van der Waals surface area contributed by atoms with Crippen molar-refractivity contribution in [3.05, 3.63) is 0 Å². The Morgan fingerprint density at radius 3 is 1.45 bits per heavy atom. The first-order chi connectivity index (χ1) is 9.13. The van der Waals surface area contributed by atoms with Crippen LogP contribution in [0.25, 0.3) is 0 Å². The molecule has 0 radical (unpaired) electrons. The summed E-state index contributed by atoms with van der Waals surface area (Å²) in [4.78, 5) is 12.6. The maximum Gasteiger partial charge on any atom is 0.303 e. The highest BCUT2D eigenvalue weighted by Gasteiger charge is 1.97. The first-order valence-corrected chi connectivity index (χ1v) is 7.99. The van der Waals surface area contributed by atoms with E-state index in [-0.39, 0.29) is 5.48 Å². The normalized spacial score (nSPS) is 10.6. The zero-order valence-corrected chi connectivity index (χ0v) is 13.5. The Balaban J connectivity index is 0. The zero-order chi connectivity index (χ0) is 14.3. The molecule has 0 aliphatic rings. The Labute approximate surface area is 124 Å². The zero-order valence-electron chi connectivity index (χ0n) is 13.5. The van der Waals surface area contributed by atoms with Crippen LogP contribution in [-0.4, -0.2) is 42.1 Å². The summed E-state index contributed by atoms with van der Waals surface area (Å²) in [6.07, 6.45) is 14.3. The maximum atomic E-state index is 10.3. The topological polar surface area (TPSA) is 72.0 Å². The van der Waals surface area contributed by atoms with E-state index in [0.717, 1.165) is 12.8 Å². The van der Waals surface area contributed by atoms with Crippen LogP contribution in [0.1, 0.15) is 77.0 Å². The molecule has 0 unspecified atom stereocenters. The van der Waals surface area contributed by atoms with Crippen molar-refractivity contribution in [2.75, 3.05) is 20.6 Å². The van der Waals surface area contributed by atoms with Gasteiger partial charge in [0.15, 0.2) is 0 Å². The first kappa shape index (κ1) is 21.7. The van der Waals surface area contributed by atoms with E-state index in [9.17, 15) is 4.79 Å². The first-order valence-electron chi connectivity index (χ1n) is 7.99. The number of rotatable bonds is 14. The number of nitrogens with zero attached hydrogens (tertiary/aromatic N) is 1. The van der Waals surface area contributed by atoms with Crippen LogP contribution in [0.3, 0.4) is 0 Å². The minimum atomic E-state index is -0.658. The van der Waals surface area contributed by atoms with Crippen molar-refractivity contribution < 1.29 is 15.4 Å². The fourth-order valence-corrected chi connectivity index (χ4v) is 2.30. The van der Waals surface area contributed by atoms with Gasteiger partial charge >= 0.3 is 5.97 Å². The molecule has 0 atom stereocenters. The predicted octanol–water partition coefficient (Wildman–Crippen LogP) is 3.49. The minimum Gasteiger partial charge on any atom is -0.481 e. The molecule has 0 heterocycles. The lowest BCUT2D eigenvalue weighted by atomic mass is 10.1. The second-order valence-corrected chi connectivity index (χ2v) is 5.84. The van der Waals surface area contributed by atoms with E-state index in [1.54, 1.807) is 0 Å². The van der Waals surface area contributed by atoms with E-state index in [1.165, 1.54) is 64.3 Å². The summed E-state index contributed by atoms with van der Waals surface area (Å²) in [6.45, 7) is 1.22. The van der Waals surface area contributed by atoms with Crippen molar-refractivity contribution in [3.63, 3.8) is 0 Å². The van der Waals surface area contributed by atoms with Crippen molar-refractivity contribution in [3.8, 4) is 0 Å². The molecule has 0 aromatic heterocycles. The van der Waals surface area contributed by atoms with Gasteiger partial charge in [0.2, 0.25) is 0 Å². The summed E-state index contributed by atoms with van der Waals surface area (Å²) in [7, 11) is 4.27. The monoisotopic (exact) mass is 289 g/mol. The highest BCUT2D eigenvalue weighted by Crippen LogP contribution is 2.11. The fraction of sp³-hybridized carbons (Fsp3) is 0.938. The SMILES string of the molecule is CN(C)CCCCCCCCCCCCCC(=O)O.O. The molecule has 0 bridgehead atoms. The quantitative estimate of drug-likeness (QED) is 0.497. The van der Waals surface area contributed by atoms with Gasteiger partial charge in [-0.25, -0.2) is 0 Å². The van der Waals surface area contributed by atoms with Gasteiger partial charge in [0.25, 0.3) is 0 Å². The molecule has 0 aromatic rings. The van der Waals surface area contributed by atoms with Crippen LogP contribution < -0.4 is 0 Å². The van der Waals surface area contributed by atoms with Crippen molar-refractivity contribution in [1.29, 1.82) is 0 Å². The van der Waals surface area contributed by atoms with E-state index in [1.807, 2.05) is 0 Å². The molecule has 4 nitrogen and oxygen atoms in total. The molecule has 4 heteroatoms. The van der Waals surface area contributed by atoms with Gasteiger partial charge in [-0.15, -0.1) is 0 Å². The van der Waals surface area contributed by atoms with Gasteiger partial charge < -0.3 is 15.5 Å². The Kier molecular flexibility index (Phi) is 17.8. The van der Waals surface area contributed by atoms with Gasteiger partial charge in [-0.2, -0.15) is 0 Å². The van der Waals surface area contributed by atoms with E-state index < -0.39 is 5.97 Å². The third kappa shape index (κ3) is 19.7. The van der Waals surface area contributed by atoms with Gasteiger partial charge in [0.05, 0.1) is 0 Å². The number of carboxylic acids is 1. The molecule has 0 amide bonds. The third-order valence-electron chi connectivity index (χ3n) is 3.50. The molecule has 0 rings (SSSR count). The van der Waals surface area contributed by atoms with Gasteiger partial charge in [0, 0.05) is 6.42 Å². The van der Waals surface area contributed by atoms with Crippen LogP contribution >= 0.6 is 0 Å². The van der Waals surface area contributed by atoms with E-state index >= 15 is 0 Å². The average Bonchev–Trinajstić information content (AvgIpc) is 2.34. The number of hydrogen-bond donors (Lipinski definition) is 1. The van der Waals surface area contributed by atoms with Crippen molar-refractivity contribution >= 4 is 5.97 Å². The third-order valence-corrected chi connectivity index (χ3v) is 3.50. The van der Waals surface area contributed by atoms with Crippen LogP contribution in [0.4, 0.5) is 0 Å². The molecule has 122 valence electrons. The van der Waals surface area contributed by atoms with Gasteiger partial charge in [-0.3, -0.25) is 4.79 Å². The van der Waals surface area contributed by atoms with Gasteiger partial charge in [0.1, 0.15) is 0 Å². The van der Waals surface area contributed by atoms with Crippen molar-refractivity contribution in [2.45, 2.75) is 77.0 Å². The van der Waals surface area contributed by atoms with Crippen LogP contribution in [-0.2, 0) is 4.79 Å². The Hall–Kier alpha value is -0.610. The lowest BCUT2D eigenvalue weighted by molar-refractivity contribution is -0.137. The second kappa shape index (κ2) is 16.4. The average molecular weight is 289 g/mol. The summed E-state index contributed by atoms with van der Waals surface area (Å²) in [5, 5.41) is 8.50. The molecular weight excluding hydrogens is 254 g/mol. The van der Waals surface area contributed by atoms with Crippen LogP contribution in [0.5, 0.6) is 0 Å². The molecule has 0 saturated heterocycles.